The molecule has 2 saturated carbocycles. The molecule has 0 aromatic carbocycles. The molecule has 2 atom stereocenters. The summed E-state index contributed by atoms with van der Waals surface area (Å²) in [5, 5.41) is 5.65. The lowest BCUT2D eigenvalue weighted by atomic mass is 9.85. The summed E-state index contributed by atoms with van der Waals surface area (Å²) in [7, 11) is 0. The molecule has 4 aliphatic rings. The summed E-state index contributed by atoms with van der Waals surface area (Å²) in [5.74, 6) is 2.85. The minimum Gasteiger partial charge on any atom is -0.371 e. The maximum Gasteiger partial charge on any atom is 0.0857 e. The van der Waals surface area contributed by atoms with Crippen LogP contribution < -0.4 is 5.14 Å². The van der Waals surface area contributed by atoms with Crippen molar-refractivity contribution in [3.63, 3.8) is 0 Å². The minimum atomic E-state index is 0.642. The van der Waals surface area contributed by atoms with Crippen molar-refractivity contribution in [1.29, 1.82) is 0 Å². The van der Waals surface area contributed by atoms with E-state index in [1.165, 1.54) is 86.0 Å². The Morgan fingerprint density at radius 1 is 0.919 bits per heavy atom. The van der Waals surface area contributed by atoms with E-state index in [1.54, 1.807) is 0 Å². The van der Waals surface area contributed by atoms with Crippen LogP contribution in [0.2, 0.25) is 0 Å². The van der Waals surface area contributed by atoms with E-state index in [2.05, 4.69) is 40.1 Å². The quantitative estimate of drug-likeness (QED) is 0.393. The van der Waals surface area contributed by atoms with Gasteiger partial charge in [0.25, 0.3) is 0 Å². The van der Waals surface area contributed by atoms with E-state index in [0.29, 0.717) is 17.8 Å². The van der Waals surface area contributed by atoms with Gasteiger partial charge in [0.05, 0.1) is 11.4 Å². The van der Waals surface area contributed by atoms with Gasteiger partial charge in [-0.3, -0.25) is 15.1 Å². The third-order valence-electron chi connectivity index (χ3n) is 9.18. The first-order valence-corrected chi connectivity index (χ1v) is 15.2. The first kappa shape index (κ1) is 25.0. The summed E-state index contributed by atoms with van der Waals surface area (Å²) in [6, 6.07) is 8.76. The zero-order valence-corrected chi connectivity index (χ0v) is 22.9. The molecular weight excluding hydrogens is 474 g/mol. The van der Waals surface area contributed by atoms with E-state index in [4.69, 9.17) is 10.1 Å². The van der Waals surface area contributed by atoms with Gasteiger partial charge in [0, 0.05) is 77.7 Å². The molecule has 2 unspecified atom stereocenters. The van der Waals surface area contributed by atoms with Gasteiger partial charge in [-0.1, -0.05) is 45.3 Å². The minimum absolute atomic E-state index is 0.642. The monoisotopic (exact) mass is 515 g/mol. The Morgan fingerprint density at radius 3 is 2.24 bits per heavy atom. The Bertz CT molecular complexity index is 1120. The van der Waals surface area contributed by atoms with Crippen LogP contribution in [-0.4, -0.2) is 45.9 Å². The Labute approximate surface area is 226 Å². The molecule has 4 fully saturated rings. The standard InChI is InChI=1S/C31H41N5S/c1-21(25-14-28(34-31(15-25)24-9-10-24)11-8-23-6-4-3-5-7-23)35-17-26-19-36(20-27(26)18-35)22(2)30-13-12-29(37-32)16-33-30/h12-16,23-24,26-27H,1-11,17-20,32H2. The third-order valence-corrected chi connectivity index (χ3v) is 9.69. The molecule has 0 bridgehead atoms. The van der Waals surface area contributed by atoms with Gasteiger partial charge in [0.1, 0.15) is 0 Å². The van der Waals surface area contributed by atoms with Crippen molar-refractivity contribution in [1.82, 2.24) is 19.8 Å². The molecule has 6 rings (SSSR count). The second kappa shape index (κ2) is 10.8. The molecular formula is C31H41N5S. The highest BCUT2D eigenvalue weighted by Crippen LogP contribution is 2.42. The molecule has 0 spiro atoms. The normalized spacial score (nSPS) is 23.9. The number of hydrogen-bond donors (Lipinski definition) is 1. The van der Waals surface area contributed by atoms with Gasteiger partial charge in [-0.25, -0.2) is 0 Å². The van der Waals surface area contributed by atoms with Crippen LogP contribution in [0.5, 0.6) is 0 Å². The summed E-state index contributed by atoms with van der Waals surface area (Å²) in [6.07, 6.45) is 13.9. The van der Waals surface area contributed by atoms with Crippen LogP contribution in [0.3, 0.4) is 0 Å². The lowest BCUT2D eigenvalue weighted by molar-refractivity contribution is 0.338. The Kier molecular flexibility index (Phi) is 7.31. The van der Waals surface area contributed by atoms with Gasteiger partial charge in [-0.15, -0.1) is 0 Å². The van der Waals surface area contributed by atoms with Gasteiger partial charge in [-0.2, -0.15) is 0 Å². The maximum atomic E-state index is 5.65. The van der Waals surface area contributed by atoms with Gasteiger partial charge >= 0.3 is 0 Å². The fourth-order valence-corrected chi connectivity index (χ4v) is 6.98. The molecule has 5 nitrogen and oxygen atoms in total. The van der Waals surface area contributed by atoms with E-state index in [9.17, 15) is 0 Å². The third kappa shape index (κ3) is 5.61. The molecule has 6 heteroatoms. The molecule has 0 radical (unpaired) electrons. The van der Waals surface area contributed by atoms with E-state index in [-0.39, 0.29) is 0 Å². The van der Waals surface area contributed by atoms with Crippen molar-refractivity contribution in [2.24, 2.45) is 22.9 Å². The number of aromatic nitrogens is 2. The van der Waals surface area contributed by atoms with Crippen molar-refractivity contribution in [3.8, 4) is 0 Å². The zero-order valence-electron chi connectivity index (χ0n) is 22.1. The van der Waals surface area contributed by atoms with Crippen LogP contribution in [0.1, 0.15) is 79.9 Å². The molecule has 196 valence electrons. The van der Waals surface area contributed by atoms with E-state index < -0.39 is 0 Å². The van der Waals surface area contributed by atoms with Crippen molar-refractivity contribution in [3.05, 3.63) is 66.3 Å². The van der Waals surface area contributed by atoms with Crippen LogP contribution in [0, 0.1) is 17.8 Å². The fraction of sp³-hybridized carbons (Fsp3) is 0.548. The molecule has 2 aliphatic heterocycles. The van der Waals surface area contributed by atoms with E-state index in [1.807, 2.05) is 18.3 Å². The predicted molar refractivity (Wildman–Crippen MR) is 154 cm³/mol. The van der Waals surface area contributed by atoms with Crippen molar-refractivity contribution >= 4 is 23.3 Å². The summed E-state index contributed by atoms with van der Waals surface area (Å²) in [4.78, 5) is 15.6. The summed E-state index contributed by atoms with van der Waals surface area (Å²) in [5.41, 5.74) is 7.08. The van der Waals surface area contributed by atoms with Crippen LogP contribution in [-0.2, 0) is 6.42 Å². The molecule has 2 aliphatic carbocycles. The van der Waals surface area contributed by atoms with Gasteiger partial charge in [-0.05, 0) is 67.8 Å². The highest BCUT2D eigenvalue weighted by Gasteiger charge is 2.41. The van der Waals surface area contributed by atoms with Crippen molar-refractivity contribution in [2.45, 2.75) is 68.6 Å². The molecule has 2 N–H and O–H groups in total. The highest BCUT2D eigenvalue weighted by molar-refractivity contribution is 7.97. The van der Waals surface area contributed by atoms with Gasteiger partial charge in [0.2, 0.25) is 0 Å². The average Bonchev–Trinajstić information content (AvgIpc) is 3.61. The van der Waals surface area contributed by atoms with Crippen LogP contribution >= 0.6 is 11.9 Å². The zero-order chi connectivity index (χ0) is 25.4. The molecule has 0 amide bonds. The van der Waals surface area contributed by atoms with Gasteiger partial charge in [0.15, 0.2) is 0 Å². The number of rotatable bonds is 9. The van der Waals surface area contributed by atoms with E-state index >= 15 is 0 Å². The molecule has 37 heavy (non-hydrogen) atoms. The largest absolute Gasteiger partial charge is 0.371 e. The van der Waals surface area contributed by atoms with Crippen LogP contribution in [0.4, 0.5) is 0 Å². The molecule has 2 aromatic rings. The van der Waals surface area contributed by atoms with Gasteiger partial charge < -0.3 is 9.80 Å². The first-order chi connectivity index (χ1) is 18.1. The predicted octanol–water partition coefficient (Wildman–Crippen LogP) is 6.34. The maximum absolute atomic E-state index is 5.65. The topological polar surface area (TPSA) is 58.3 Å². The summed E-state index contributed by atoms with van der Waals surface area (Å²) in [6.45, 7) is 13.2. The molecule has 4 heterocycles. The number of aryl methyl sites for hydroxylation is 1. The Hall–Kier alpha value is -2.31. The second-order valence-electron chi connectivity index (χ2n) is 11.8. The second-order valence-corrected chi connectivity index (χ2v) is 12.5. The van der Waals surface area contributed by atoms with Crippen LogP contribution in [0.15, 0.2) is 48.5 Å². The van der Waals surface area contributed by atoms with Crippen molar-refractivity contribution in [2.75, 3.05) is 26.2 Å². The smallest absolute Gasteiger partial charge is 0.0857 e. The fourth-order valence-electron chi connectivity index (χ4n) is 6.72. The first-order valence-electron chi connectivity index (χ1n) is 14.3. The average molecular weight is 516 g/mol. The van der Waals surface area contributed by atoms with E-state index in [0.717, 1.165) is 54.8 Å². The number of hydrogen-bond acceptors (Lipinski definition) is 6. The Morgan fingerprint density at radius 2 is 1.62 bits per heavy atom. The SMILES string of the molecule is C=C(c1cc(CCC2CCCCC2)nc(C2CC2)c1)N1CC2CN(C(=C)c3ccc(SN)cn3)CC2C1. The number of pyridine rings is 2. The van der Waals surface area contributed by atoms with Crippen molar-refractivity contribution < 1.29 is 0 Å². The highest BCUT2D eigenvalue weighted by atomic mass is 32.2. The lowest BCUT2D eigenvalue weighted by Crippen LogP contribution is -2.27. The summed E-state index contributed by atoms with van der Waals surface area (Å²) >= 11 is 1.23. The summed E-state index contributed by atoms with van der Waals surface area (Å²) < 4.78 is 0. The number of nitrogens with zero attached hydrogens (tertiary/aromatic N) is 4. The molecule has 2 saturated heterocycles. The number of likely N-dealkylation sites (tertiary alicyclic amines) is 2. The Balaban J connectivity index is 1.09. The lowest BCUT2D eigenvalue weighted by Gasteiger charge is -2.27. The number of nitrogens with two attached hydrogens (primary N) is 1. The molecule has 2 aromatic heterocycles. The van der Waals surface area contributed by atoms with Crippen LogP contribution in [0.25, 0.3) is 11.4 Å². The number of fused-ring (bicyclic) bond motifs is 1.